The van der Waals surface area contributed by atoms with E-state index in [9.17, 15) is 4.79 Å². The summed E-state index contributed by atoms with van der Waals surface area (Å²) in [5.41, 5.74) is 1.34. The molecule has 1 heterocycles. The van der Waals surface area contributed by atoms with Crippen molar-refractivity contribution in [3.63, 3.8) is 0 Å². The number of fused-ring (bicyclic) bond motifs is 1. The Bertz CT molecular complexity index is 911. The van der Waals surface area contributed by atoms with Gasteiger partial charge in [0, 0.05) is 7.05 Å². The van der Waals surface area contributed by atoms with Crippen molar-refractivity contribution in [2.24, 2.45) is 12.0 Å². The fraction of sp³-hybridized carbons (Fsp3) is 0.0667. The highest BCUT2D eigenvalue weighted by Crippen LogP contribution is 2.26. The molecule has 3 rings (SSSR count). The minimum Gasteiger partial charge on any atom is -0.319 e. The Morgan fingerprint density at radius 1 is 1.14 bits per heavy atom. The van der Waals surface area contributed by atoms with Crippen LogP contribution in [0.1, 0.15) is 10.4 Å². The van der Waals surface area contributed by atoms with Crippen LogP contribution in [-0.4, -0.2) is 10.5 Å². The third-order valence-electron chi connectivity index (χ3n) is 3.09. The summed E-state index contributed by atoms with van der Waals surface area (Å²) in [6, 6.07) is 12.8. The molecule has 0 saturated heterocycles. The van der Waals surface area contributed by atoms with Crippen molar-refractivity contribution in [1.29, 1.82) is 0 Å². The molecule has 0 bridgehead atoms. The molecule has 1 aromatic heterocycles. The normalized spacial score (nSPS) is 12.0. The molecular formula is C15H10Cl2N2OS. The van der Waals surface area contributed by atoms with Crippen molar-refractivity contribution < 1.29 is 4.79 Å². The van der Waals surface area contributed by atoms with E-state index in [0.717, 1.165) is 10.2 Å². The number of hydrogen-bond acceptors (Lipinski definition) is 2. The number of hydrogen-bond donors (Lipinski definition) is 0. The topological polar surface area (TPSA) is 34.4 Å². The van der Waals surface area contributed by atoms with Gasteiger partial charge in [-0.2, -0.15) is 4.99 Å². The second-order valence-electron chi connectivity index (χ2n) is 4.43. The predicted octanol–water partition coefficient (Wildman–Crippen LogP) is 4.29. The maximum absolute atomic E-state index is 12.3. The highest BCUT2D eigenvalue weighted by Gasteiger charge is 2.12. The van der Waals surface area contributed by atoms with Crippen LogP contribution in [0.25, 0.3) is 10.2 Å². The number of halogens is 2. The summed E-state index contributed by atoms with van der Waals surface area (Å²) in [6.45, 7) is 0. The molecule has 3 nitrogen and oxygen atoms in total. The molecule has 0 fully saturated rings. The molecule has 0 N–H and O–H groups in total. The van der Waals surface area contributed by atoms with Gasteiger partial charge in [0.25, 0.3) is 5.91 Å². The predicted molar refractivity (Wildman–Crippen MR) is 87.2 cm³/mol. The van der Waals surface area contributed by atoms with Crippen LogP contribution in [-0.2, 0) is 7.05 Å². The molecule has 106 valence electrons. The van der Waals surface area contributed by atoms with Crippen molar-refractivity contribution >= 4 is 50.7 Å². The first-order valence-corrected chi connectivity index (χ1v) is 7.73. The van der Waals surface area contributed by atoms with E-state index in [4.69, 9.17) is 23.2 Å². The minimum atomic E-state index is -0.398. The zero-order valence-electron chi connectivity index (χ0n) is 11.0. The average Bonchev–Trinajstić information content (AvgIpc) is 2.79. The van der Waals surface area contributed by atoms with E-state index in [1.165, 1.54) is 11.3 Å². The van der Waals surface area contributed by atoms with E-state index in [2.05, 4.69) is 4.99 Å². The third-order valence-corrected chi connectivity index (χ3v) is 5.03. The van der Waals surface area contributed by atoms with Crippen LogP contribution in [0.5, 0.6) is 0 Å². The molecule has 0 aliphatic rings. The van der Waals surface area contributed by atoms with Gasteiger partial charge < -0.3 is 4.57 Å². The fourth-order valence-electron chi connectivity index (χ4n) is 2.00. The van der Waals surface area contributed by atoms with Crippen molar-refractivity contribution in [3.8, 4) is 0 Å². The first kappa shape index (κ1) is 14.3. The van der Waals surface area contributed by atoms with Gasteiger partial charge in [0.15, 0.2) is 4.80 Å². The van der Waals surface area contributed by atoms with Crippen molar-refractivity contribution in [1.82, 2.24) is 4.57 Å². The molecule has 6 heteroatoms. The lowest BCUT2D eigenvalue weighted by molar-refractivity contribution is 0.0998. The molecule has 0 aliphatic heterocycles. The Morgan fingerprint density at radius 3 is 2.67 bits per heavy atom. The highest BCUT2D eigenvalue weighted by molar-refractivity contribution is 7.16. The quantitative estimate of drug-likeness (QED) is 0.652. The van der Waals surface area contributed by atoms with Crippen molar-refractivity contribution in [3.05, 3.63) is 62.9 Å². The maximum atomic E-state index is 12.3. The lowest BCUT2D eigenvalue weighted by Gasteiger charge is -2.00. The number of carbonyl (C=O) groups is 1. The van der Waals surface area contributed by atoms with Gasteiger partial charge in [0.05, 0.1) is 25.8 Å². The van der Waals surface area contributed by atoms with Gasteiger partial charge >= 0.3 is 0 Å². The Labute approximate surface area is 135 Å². The van der Waals surface area contributed by atoms with E-state index in [1.807, 2.05) is 35.9 Å². The van der Waals surface area contributed by atoms with Crippen LogP contribution in [0.3, 0.4) is 0 Å². The fourth-order valence-corrected chi connectivity index (χ4v) is 3.40. The van der Waals surface area contributed by atoms with Crippen molar-refractivity contribution in [2.75, 3.05) is 0 Å². The van der Waals surface area contributed by atoms with E-state index in [1.54, 1.807) is 18.2 Å². The number of rotatable bonds is 1. The number of para-hydroxylation sites is 1. The summed E-state index contributed by atoms with van der Waals surface area (Å²) in [7, 11) is 1.88. The van der Waals surface area contributed by atoms with Crippen LogP contribution >= 0.6 is 34.5 Å². The summed E-state index contributed by atoms with van der Waals surface area (Å²) >= 11 is 13.4. The van der Waals surface area contributed by atoms with E-state index in [-0.39, 0.29) is 5.02 Å². The van der Waals surface area contributed by atoms with E-state index >= 15 is 0 Å². The second kappa shape index (κ2) is 5.64. The molecule has 2 aromatic carbocycles. The number of benzene rings is 2. The van der Waals surface area contributed by atoms with Gasteiger partial charge in [0.1, 0.15) is 0 Å². The first-order valence-electron chi connectivity index (χ1n) is 6.15. The van der Waals surface area contributed by atoms with Crippen LogP contribution < -0.4 is 4.80 Å². The molecule has 0 spiro atoms. The molecule has 1 amide bonds. The summed E-state index contributed by atoms with van der Waals surface area (Å²) in [5, 5.41) is 0.579. The van der Waals surface area contributed by atoms with Gasteiger partial charge in [-0.15, -0.1) is 0 Å². The largest absolute Gasteiger partial charge is 0.319 e. The maximum Gasteiger partial charge on any atom is 0.281 e. The zero-order valence-corrected chi connectivity index (χ0v) is 13.3. The Kier molecular flexibility index (Phi) is 3.85. The highest BCUT2D eigenvalue weighted by atomic mass is 35.5. The van der Waals surface area contributed by atoms with Gasteiger partial charge in [-0.1, -0.05) is 52.7 Å². The number of aromatic nitrogens is 1. The van der Waals surface area contributed by atoms with Gasteiger partial charge in [-0.3, -0.25) is 4.79 Å². The smallest absolute Gasteiger partial charge is 0.281 e. The summed E-state index contributed by atoms with van der Waals surface area (Å²) in [4.78, 5) is 17.1. The SMILES string of the molecule is Cn1c(=NC(=O)c2cccc(Cl)c2Cl)sc2ccccc21. The van der Waals surface area contributed by atoms with Crippen LogP contribution in [0.2, 0.25) is 10.0 Å². The zero-order chi connectivity index (χ0) is 15.0. The lowest BCUT2D eigenvalue weighted by atomic mass is 10.2. The Morgan fingerprint density at radius 2 is 1.90 bits per heavy atom. The Balaban J connectivity index is 2.14. The molecule has 21 heavy (non-hydrogen) atoms. The Hall–Kier alpha value is -1.62. The lowest BCUT2D eigenvalue weighted by Crippen LogP contribution is -2.13. The molecule has 3 aromatic rings. The van der Waals surface area contributed by atoms with Crippen LogP contribution in [0, 0.1) is 0 Å². The first-order chi connectivity index (χ1) is 10.1. The van der Waals surface area contributed by atoms with Gasteiger partial charge in [-0.25, -0.2) is 0 Å². The van der Waals surface area contributed by atoms with Crippen LogP contribution in [0.4, 0.5) is 0 Å². The number of nitrogens with zero attached hydrogens (tertiary/aromatic N) is 2. The summed E-state index contributed by atoms with van der Waals surface area (Å²) in [6.07, 6.45) is 0. The molecule has 0 aliphatic carbocycles. The molecule has 0 radical (unpaired) electrons. The molecule has 0 saturated carbocycles. The van der Waals surface area contributed by atoms with Crippen LogP contribution in [0.15, 0.2) is 47.5 Å². The third kappa shape index (κ3) is 2.62. The van der Waals surface area contributed by atoms with Gasteiger partial charge in [0.2, 0.25) is 0 Å². The molecule has 0 atom stereocenters. The monoisotopic (exact) mass is 336 g/mol. The van der Waals surface area contributed by atoms with Crippen molar-refractivity contribution in [2.45, 2.75) is 0 Å². The molecular weight excluding hydrogens is 327 g/mol. The summed E-state index contributed by atoms with van der Waals surface area (Å²) in [5.74, 6) is -0.398. The minimum absolute atomic E-state index is 0.233. The van der Waals surface area contributed by atoms with E-state index in [0.29, 0.717) is 15.4 Å². The number of aryl methyl sites for hydroxylation is 1. The standard InChI is InChI=1S/C15H10Cl2N2OS/c1-19-11-7-2-3-8-12(11)21-15(19)18-14(20)9-5-4-6-10(16)13(9)17/h2-8H,1H3. The van der Waals surface area contributed by atoms with E-state index < -0.39 is 5.91 Å². The number of thiazole rings is 1. The number of amides is 1. The number of carbonyl (C=O) groups excluding carboxylic acids is 1. The second-order valence-corrected chi connectivity index (χ2v) is 6.22. The van der Waals surface area contributed by atoms with Gasteiger partial charge in [-0.05, 0) is 24.3 Å². The average molecular weight is 337 g/mol. The molecule has 0 unspecified atom stereocenters. The summed E-state index contributed by atoms with van der Waals surface area (Å²) < 4.78 is 2.96.